The molecule has 24 heavy (non-hydrogen) atoms. The van der Waals surface area contributed by atoms with Crippen molar-refractivity contribution in [2.75, 3.05) is 0 Å². The summed E-state index contributed by atoms with van der Waals surface area (Å²) in [5.41, 5.74) is 0.0805. The third-order valence-electron chi connectivity index (χ3n) is 4.59. The summed E-state index contributed by atoms with van der Waals surface area (Å²) in [5.74, 6) is 0. The SMILES string of the molecule is Cc1ccc(S(=O)(=O)n2ccc3c2CC(C#N)(C(F)F)CC3)cc1. The van der Waals surface area contributed by atoms with Gasteiger partial charge in [0, 0.05) is 18.3 Å². The van der Waals surface area contributed by atoms with Crippen molar-refractivity contribution in [1.82, 2.24) is 3.97 Å². The fourth-order valence-corrected chi connectivity index (χ4v) is 4.43. The van der Waals surface area contributed by atoms with Gasteiger partial charge in [-0.05, 0) is 43.5 Å². The van der Waals surface area contributed by atoms with Crippen LogP contribution >= 0.6 is 0 Å². The van der Waals surface area contributed by atoms with Gasteiger partial charge in [-0.3, -0.25) is 0 Å². The lowest BCUT2D eigenvalue weighted by atomic mass is 9.75. The molecular formula is C17H16F2N2O2S. The normalized spacial score (nSPS) is 20.6. The van der Waals surface area contributed by atoms with Gasteiger partial charge in [-0.25, -0.2) is 21.2 Å². The van der Waals surface area contributed by atoms with Gasteiger partial charge in [-0.1, -0.05) is 17.7 Å². The maximum absolute atomic E-state index is 13.4. The highest BCUT2D eigenvalue weighted by molar-refractivity contribution is 7.90. The third-order valence-corrected chi connectivity index (χ3v) is 6.32. The molecule has 0 bridgehead atoms. The molecule has 1 atom stereocenters. The Balaban J connectivity index is 2.09. The van der Waals surface area contributed by atoms with Crippen LogP contribution in [0.2, 0.25) is 0 Å². The van der Waals surface area contributed by atoms with Crippen molar-refractivity contribution in [2.45, 2.75) is 37.5 Å². The van der Waals surface area contributed by atoms with E-state index in [0.29, 0.717) is 5.56 Å². The molecule has 1 heterocycles. The molecular weight excluding hydrogens is 334 g/mol. The van der Waals surface area contributed by atoms with Crippen molar-refractivity contribution in [1.29, 1.82) is 5.26 Å². The minimum atomic E-state index is -3.88. The molecule has 2 aromatic rings. The van der Waals surface area contributed by atoms with Crippen LogP contribution < -0.4 is 0 Å². The van der Waals surface area contributed by atoms with Gasteiger partial charge < -0.3 is 0 Å². The number of benzene rings is 1. The molecule has 1 aliphatic rings. The molecule has 0 amide bonds. The summed E-state index contributed by atoms with van der Waals surface area (Å²) in [5, 5.41) is 9.23. The van der Waals surface area contributed by atoms with Crippen LogP contribution in [0.3, 0.4) is 0 Å². The minimum Gasteiger partial charge on any atom is -0.246 e. The van der Waals surface area contributed by atoms with Crippen molar-refractivity contribution >= 4 is 10.0 Å². The first kappa shape index (κ1) is 16.7. The number of halogens is 2. The van der Waals surface area contributed by atoms with E-state index in [-0.39, 0.29) is 29.9 Å². The van der Waals surface area contributed by atoms with Crippen LogP contribution in [-0.2, 0) is 22.9 Å². The highest BCUT2D eigenvalue weighted by Crippen LogP contribution is 2.41. The summed E-state index contributed by atoms with van der Waals surface area (Å²) in [6.45, 7) is 1.85. The lowest BCUT2D eigenvalue weighted by Gasteiger charge is -2.30. The third kappa shape index (κ3) is 2.51. The Morgan fingerprint density at radius 2 is 1.92 bits per heavy atom. The molecule has 3 rings (SSSR count). The Hall–Kier alpha value is -2.20. The number of hydrogen-bond donors (Lipinski definition) is 0. The predicted octanol–water partition coefficient (Wildman–Crippen LogP) is 3.30. The van der Waals surface area contributed by atoms with Gasteiger partial charge in [0.25, 0.3) is 16.4 Å². The molecule has 1 aromatic heterocycles. The van der Waals surface area contributed by atoms with Crippen LogP contribution in [0.25, 0.3) is 0 Å². The van der Waals surface area contributed by atoms with E-state index in [1.165, 1.54) is 18.3 Å². The molecule has 0 aliphatic heterocycles. The van der Waals surface area contributed by atoms with Crippen molar-refractivity contribution < 1.29 is 17.2 Å². The monoisotopic (exact) mass is 350 g/mol. The first-order chi connectivity index (χ1) is 11.3. The van der Waals surface area contributed by atoms with Gasteiger partial charge in [-0.15, -0.1) is 0 Å². The van der Waals surface area contributed by atoms with Crippen LogP contribution in [0.5, 0.6) is 0 Å². The minimum absolute atomic E-state index is 0.0305. The smallest absolute Gasteiger partial charge is 0.246 e. The maximum Gasteiger partial charge on any atom is 0.267 e. The van der Waals surface area contributed by atoms with Crippen molar-refractivity contribution in [3.05, 3.63) is 53.3 Å². The van der Waals surface area contributed by atoms with E-state index in [0.717, 1.165) is 9.54 Å². The molecule has 0 spiro atoms. The topological polar surface area (TPSA) is 62.9 Å². The van der Waals surface area contributed by atoms with E-state index >= 15 is 0 Å². The Labute approximate surface area is 139 Å². The highest BCUT2D eigenvalue weighted by Gasteiger charge is 2.45. The predicted molar refractivity (Wildman–Crippen MR) is 84.3 cm³/mol. The van der Waals surface area contributed by atoms with Gasteiger partial charge in [0.2, 0.25) is 0 Å². The summed E-state index contributed by atoms with van der Waals surface area (Å²) < 4.78 is 53.5. The van der Waals surface area contributed by atoms with Crippen LogP contribution in [0.4, 0.5) is 8.78 Å². The first-order valence-corrected chi connectivity index (χ1v) is 8.95. The molecule has 0 radical (unpaired) electrons. The molecule has 0 fully saturated rings. The van der Waals surface area contributed by atoms with Crippen LogP contribution in [0.15, 0.2) is 41.4 Å². The number of aryl methyl sites for hydroxylation is 2. The first-order valence-electron chi connectivity index (χ1n) is 7.51. The van der Waals surface area contributed by atoms with Gasteiger partial charge in [-0.2, -0.15) is 5.26 Å². The lowest BCUT2D eigenvalue weighted by Crippen LogP contribution is -2.35. The fraction of sp³-hybridized carbons (Fsp3) is 0.353. The lowest BCUT2D eigenvalue weighted by molar-refractivity contribution is 0.0230. The molecule has 1 unspecified atom stereocenters. The number of aromatic nitrogens is 1. The number of nitriles is 1. The van der Waals surface area contributed by atoms with Gasteiger partial charge in [0.05, 0.1) is 11.0 Å². The van der Waals surface area contributed by atoms with Gasteiger partial charge in [0.15, 0.2) is 0 Å². The van der Waals surface area contributed by atoms with E-state index in [9.17, 15) is 22.5 Å². The largest absolute Gasteiger partial charge is 0.267 e. The summed E-state index contributed by atoms with van der Waals surface area (Å²) >= 11 is 0. The summed E-state index contributed by atoms with van der Waals surface area (Å²) in [6.07, 6.45) is -1.40. The summed E-state index contributed by atoms with van der Waals surface area (Å²) in [7, 11) is -3.88. The number of hydrogen-bond acceptors (Lipinski definition) is 3. The number of alkyl halides is 2. The Morgan fingerprint density at radius 3 is 2.50 bits per heavy atom. The summed E-state index contributed by atoms with van der Waals surface area (Å²) in [6, 6.07) is 9.69. The molecule has 1 aromatic carbocycles. The standard InChI is InChI=1S/C17H16F2N2O2S/c1-12-2-4-14(5-3-12)24(22,23)21-9-7-13-6-8-17(11-20,16(18)19)10-15(13)21/h2-5,7,9,16H,6,8,10H2,1H3. The maximum atomic E-state index is 13.4. The van der Waals surface area contributed by atoms with Crippen molar-refractivity contribution in [3.63, 3.8) is 0 Å². The van der Waals surface area contributed by atoms with E-state index in [1.54, 1.807) is 24.3 Å². The quantitative estimate of drug-likeness (QED) is 0.853. The second kappa shape index (κ2) is 5.71. The zero-order chi connectivity index (χ0) is 17.5. The van der Waals surface area contributed by atoms with E-state index in [2.05, 4.69) is 0 Å². The van der Waals surface area contributed by atoms with Gasteiger partial charge in [0.1, 0.15) is 5.41 Å². The zero-order valence-electron chi connectivity index (χ0n) is 13.0. The van der Waals surface area contributed by atoms with Crippen LogP contribution in [-0.4, -0.2) is 18.8 Å². The molecule has 4 nitrogen and oxygen atoms in total. The fourth-order valence-electron chi connectivity index (χ4n) is 3.03. The van der Waals surface area contributed by atoms with Crippen LogP contribution in [0.1, 0.15) is 23.2 Å². The van der Waals surface area contributed by atoms with E-state index in [4.69, 9.17) is 0 Å². The van der Waals surface area contributed by atoms with Gasteiger partial charge >= 0.3 is 0 Å². The average Bonchev–Trinajstić information content (AvgIpc) is 2.98. The van der Waals surface area contributed by atoms with E-state index in [1.807, 2.05) is 6.92 Å². The highest BCUT2D eigenvalue weighted by atomic mass is 32.2. The molecule has 7 heteroatoms. The van der Waals surface area contributed by atoms with Crippen molar-refractivity contribution in [3.8, 4) is 6.07 Å². The van der Waals surface area contributed by atoms with Crippen molar-refractivity contribution in [2.24, 2.45) is 5.41 Å². The summed E-state index contributed by atoms with van der Waals surface area (Å²) in [4.78, 5) is 0.0941. The Morgan fingerprint density at radius 1 is 1.25 bits per heavy atom. The average molecular weight is 350 g/mol. The zero-order valence-corrected chi connectivity index (χ0v) is 13.9. The molecule has 1 aliphatic carbocycles. The molecule has 0 N–H and O–H groups in total. The molecule has 126 valence electrons. The second-order valence-corrected chi connectivity index (χ2v) is 7.96. The Bertz CT molecular complexity index is 911. The number of nitrogens with zero attached hydrogens (tertiary/aromatic N) is 2. The molecule has 0 saturated carbocycles. The molecule has 0 saturated heterocycles. The second-order valence-electron chi connectivity index (χ2n) is 6.15. The Kier molecular flexibility index (Phi) is 3.96. The van der Waals surface area contributed by atoms with E-state index < -0.39 is 21.9 Å². The van der Waals surface area contributed by atoms with Crippen LogP contribution in [0, 0.1) is 23.7 Å². The number of fused-ring (bicyclic) bond motifs is 1. The number of rotatable bonds is 3.